The van der Waals surface area contributed by atoms with Gasteiger partial charge in [-0.2, -0.15) is 0 Å². The van der Waals surface area contributed by atoms with Gasteiger partial charge in [0.1, 0.15) is 0 Å². The molecule has 2 heterocycles. The summed E-state index contributed by atoms with van der Waals surface area (Å²) in [6.07, 6.45) is 4.75. The molecule has 130 valence electrons. The molecule has 1 aliphatic heterocycles. The van der Waals surface area contributed by atoms with Gasteiger partial charge >= 0.3 is 0 Å². The van der Waals surface area contributed by atoms with E-state index >= 15 is 0 Å². The van der Waals surface area contributed by atoms with Crippen molar-refractivity contribution in [2.24, 2.45) is 7.05 Å². The molecule has 0 radical (unpaired) electrons. The molecule has 2 rings (SSSR count). The van der Waals surface area contributed by atoms with E-state index in [4.69, 9.17) is 0 Å². The van der Waals surface area contributed by atoms with Crippen molar-refractivity contribution in [2.75, 3.05) is 31.4 Å². The van der Waals surface area contributed by atoms with Gasteiger partial charge in [-0.25, -0.2) is 13.4 Å². The summed E-state index contributed by atoms with van der Waals surface area (Å²) in [5.74, 6) is 0.425. The van der Waals surface area contributed by atoms with Crippen LogP contribution in [0, 0.1) is 0 Å². The van der Waals surface area contributed by atoms with Crippen LogP contribution in [0.25, 0.3) is 0 Å². The van der Waals surface area contributed by atoms with E-state index in [9.17, 15) is 13.2 Å². The molecule has 0 saturated carbocycles. The standard InChI is InChI=1S/C14H24N4O3S2/c1-17(11-5-7-23(20,21)10-11)6-4-13(19)15-8-12-9-16-14(22-3)18(12)2/h9,11H,4-8,10H2,1-3H3,(H,15,19)/t11-/m1/s1. The van der Waals surface area contributed by atoms with Gasteiger partial charge in [0.05, 0.1) is 29.9 Å². The molecule has 23 heavy (non-hydrogen) atoms. The predicted molar refractivity (Wildman–Crippen MR) is 91.1 cm³/mol. The van der Waals surface area contributed by atoms with Crippen molar-refractivity contribution < 1.29 is 13.2 Å². The Morgan fingerprint density at radius 3 is 2.87 bits per heavy atom. The zero-order valence-electron chi connectivity index (χ0n) is 13.8. The molecule has 9 heteroatoms. The topological polar surface area (TPSA) is 84.3 Å². The summed E-state index contributed by atoms with van der Waals surface area (Å²) in [6, 6.07) is 0.0361. The van der Waals surface area contributed by atoms with Crippen molar-refractivity contribution in [3.63, 3.8) is 0 Å². The summed E-state index contributed by atoms with van der Waals surface area (Å²) in [7, 11) is 0.921. The lowest BCUT2D eigenvalue weighted by molar-refractivity contribution is -0.121. The van der Waals surface area contributed by atoms with Gasteiger partial charge in [0.25, 0.3) is 0 Å². The first-order valence-electron chi connectivity index (χ1n) is 7.54. The van der Waals surface area contributed by atoms with E-state index in [1.54, 1.807) is 18.0 Å². The Morgan fingerprint density at radius 2 is 2.30 bits per heavy atom. The first-order chi connectivity index (χ1) is 10.8. The third kappa shape index (κ3) is 4.95. The number of thioether (sulfide) groups is 1. The van der Waals surface area contributed by atoms with Crippen molar-refractivity contribution in [1.29, 1.82) is 0 Å². The smallest absolute Gasteiger partial charge is 0.221 e. The molecule has 1 fully saturated rings. The minimum absolute atomic E-state index is 0.0361. The number of imidazole rings is 1. The van der Waals surface area contributed by atoms with Crippen LogP contribution in [0.5, 0.6) is 0 Å². The Hall–Kier alpha value is -1.06. The number of hydrogen-bond acceptors (Lipinski definition) is 6. The quantitative estimate of drug-likeness (QED) is 0.703. The van der Waals surface area contributed by atoms with Crippen LogP contribution in [0.3, 0.4) is 0 Å². The van der Waals surface area contributed by atoms with E-state index in [0.29, 0.717) is 25.9 Å². The molecule has 0 spiro atoms. The first-order valence-corrected chi connectivity index (χ1v) is 10.6. The van der Waals surface area contributed by atoms with Gasteiger partial charge in [-0.05, 0) is 19.7 Å². The van der Waals surface area contributed by atoms with Crippen molar-refractivity contribution in [1.82, 2.24) is 19.8 Å². The number of carbonyl (C=O) groups is 1. The van der Waals surface area contributed by atoms with Crippen molar-refractivity contribution >= 4 is 27.5 Å². The minimum atomic E-state index is -2.88. The SMILES string of the molecule is CSc1ncc(CNC(=O)CCN(C)[C@@H]2CCS(=O)(=O)C2)n1C. The van der Waals surface area contributed by atoms with Crippen LogP contribution in [0.4, 0.5) is 0 Å². The molecule has 1 amide bonds. The van der Waals surface area contributed by atoms with Crippen molar-refractivity contribution in [2.45, 2.75) is 30.6 Å². The van der Waals surface area contributed by atoms with Gasteiger partial charge in [-0.3, -0.25) is 4.79 Å². The Morgan fingerprint density at radius 1 is 1.57 bits per heavy atom. The summed E-state index contributed by atoms with van der Waals surface area (Å²) in [4.78, 5) is 18.2. The Balaban J connectivity index is 1.74. The number of hydrogen-bond donors (Lipinski definition) is 1. The van der Waals surface area contributed by atoms with Crippen LogP contribution in [0.2, 0.25) is 0 Å². The van der Waals surface area contributed by atoms with Crippen LogP contribution in [0.15, 0.2) is 11.4 Å². The summed E-state index contributed by atoms with van der Waals surface area (Å²) in [5, 5.41) is 3.80. The molecule has 1 N–H and O–H groups in total. The van der Waals surface area contributed by atoms with Crippen LogP contribution in [-0.4, -0.2) is 66.2 Å². The second-order valence-corrected chi connectivity index (χ2v) is 8.86. The summed E-state index contributed by atoms with van der Waals surface area (Å²) < 4.78 is 24.9. The fourth-order valence-electron chi connectivity index (χ4n) is 2.64. The van der Waals surface area contributed by atoms with Crippen LogP contribution in [-0.2, 0) is 28.2 Å². The highest BCUT2D eigenvalue weighted by molar-refractivity contribution is 7.98. The molecule has 0 aliphatic carbocycles. The summed E-state index contributed by atoms with van der Waals surface area (Å²) in [6.45, 7) is 1.01. The number of nitrogens with one attached hydrogen (secondary N) is 1. The molecule has 0 bridgehead atoms. The second kappa shape index (κ2) is 7.67. The highest BCUT2D eigenvalue weighted by Crippen LogP contribution is 2.16. The molecule has 1 saturated heterocycles. The lowest BCUT2D eigenvalue weighted by Crippen LogP contribution is -2.36. The molecule has 7 nitrogen and oxygen atoms in total. The van der Waals surface area contributed by atoms with Gasteiger partial charge in [0, 0.05) is 26.1 Å². The molecule has 1 aliphatic rings. The van der Waals surface area contributed by atoms with E-state index in [2.05, 4.69) is 10.3 Å². The maximum absolute atomic E-state index is 12.0. The van der Waals surface area contributed by atoms with E-state index < -0.39 is 9.84 Å². The second-order valence-electron chi connectivity index (χ2n) is 5.86. The van der Waals surface area contributed by atoms with Crippen LogP contribution < -0.4 is 5.32 Å². The van der Waals surface area contributed by atoms with Gasteiger partial charge in [0.2, 0.25) is 5.91 Å². The van der Waals surface area contributed by atoms with Gasteiger partial charge in [-0.15, -0.1) is 0 Å². The Bertz CT molecular complexity index is 657. The number of amides is 1. The van der Waals surface area contributed by atoms with Crippen molar-refractivity contribution in [3.05, 3.63) is 11.9 Å². The average molecular weight is 361 g/mol. The van der Waals surface area contributed by atoms with E-state index in [1.807, 2.05) is 29.8 Å². The van der Waals surface area contributed by atoms with Gasteiger partial charge in [-0.1, -0.05) is 11.8 Å². The lowest BCUT2D eigenvalue weighted by atomic mass is 10.2. The molecule has 1 aromatic heterocycles. The highest BCUT2D eigenvalue weighted by atomic mass is 32.2. The van der Waals surface area contributed by atoms with Gasteiger partial charge < -0.3 is 14.8 Å². The van der Waals surface area contributed by atoms with Gasteiger partial charge in [0.15, 0.2) is 15.0 Å². The molecule has 0 aromatic carbocycles. The minimum Gasteiger partial charge on any atom is -0.350 e. The average Bonchev–Trinajstić information content (AvgIpc) is 3.05. The summed E-state index contributed by atoms with van der Waals surface area (Å²) >= 11 is 1.56. The lowest BCUT2D eigenvalue weighted by Gasteiger charge is -2.22. The first kappa shape index (κ1) is 18.3. The fraction of sp³-hybridized carbons (Fsp3) is 0.714. The summed E-state index contributed by atoms with van der Waals surface area (Å²) in [5.41, 5.74) is 0.956. The third-order valence-electron chi connectivity index (χ3n) is 4.21. The number of nitrogens with zero attached hydrogens (tertiary/aromatic N) is 3. The Kier molecular flexibility index (Phi) is 6.10. The monoisotopic (exact) mass is 360 g/mol. The predicted octanol–water partition coefficient (Wildman–Crippen LogP) is 0.267. The number of sulfone groups is 1. The number of rotatable bonds is 7. The van der Waals surface area contributed by atoms with E-state index in [-0.39, 0.29) is 23.5 Å². The zero-order chi connectivity index (χ0) is 17.0. The molecule has 1 atom stereocenters. The zero-order valence-corrected chi connectivity index (χ0v) is 15.4. The third-order valence-corrected chi connectivity index (χ3v) is 6.71. The molecule has 0 unspecified atom stereocenters. The molecule has 1 aromatic rings. The van der Waals surface area contributed by atoms with Crippen LogP contribution in [0.1, 0.15) is 18.5 Å². The number of carbonyl (C=O) groups excluding carboxylic acids is 1. The Labute approximate surface area is 141 Å². The largest absolute Gasteiger partial charge is 0.350 e. The maximum Gasteiger partial charge on any atom is 0.221 e. The van der Waals surface area contributed by atoms with E-state index in [1.165, 1.54) is 0 Å². The molecular formula is C14H24N4O3S2. The fourth-order valence-corrected chi connectivity index (χ4v) is 5.00. The maximum atomic E-state index is 12.0. The van der Waals surface area contributed by atoms with Crippen LogP contribution >= 0.6 is 11.8 Å². The highest BCUT2D eigenvalue weighted by Gasteiger charge is 2.30. The molecular weight excluding hydrogens is 336 g/mol. The normalized spacial score (nSPS) is 20.1. The van der Waals surface area contributed by atoms with E-state index in [0.717, 1.165) is 10.9 Å². The van der Waals surface area contributed by atoms with Crippen molar-refractivity contribution in [3.8, 4) is 0 Å². The number of aromatic nitrogens is 2.